The summed E-state index contributed by atoms with van der Waals surface area (Å²) in [4.78, 5) is 13.9. The molecule has 0 aromatic heterocycles. The van der Waals surface area contributed by atoms with E-state index in [2.05, 4.69) is 5.32 Å². The second kappa shape index (κ2) is 8.02. The van der Waals surface area contributed by atoms with Gasteiger partial charge in [0.25, 0.3) is 0 Å². The molecule has 0 unspecified atom stereocenters. The third kappa shape index (κ3) is 6.39. The van der Waals surface area contributed by atoms with E-state index in [0.29, 0.717) is 24.7 Å². The van der Waals surface area contributed by atoms with Crippen LogP contribution in [-0.2, 0) is 16.3 Å². The summed E-state index contributed by atoms with van der Waals surface area (Å²) in [5.41, 5.74) is 1.11. The highest BCUT2D eigenvalue weighted by molar-refractivity contribution is 7.90. The monoisotopic (exact) mass is 358 g/mol. The number of urea groups is 1. The molecule has 1 saturated heterocycles. The van der Waals surface area contributed by atoms with Gasteiger partial charge in [0.05, 0.1) is 5.75 Å². The van der Waals surface area contributed by atoms with Crippen molar-refractivity contribution in [2.75, 3.05) is 31.6 Å². The maximum absolute atomic E-state index is 12.2. The molecule has 0 bridgehead atoms. The van der Waals surface area contributed by atoms with Crippen LogP contribution in [0.3, 0.4) is 0 Å². The molecule has 0 radical (unpaired) electrons. The highest BCUT2D eigenvalue weighted by Crippen LogP contribution is 2.18. The fourth-order valence-corrected chi connectivity index (χ4v) is 4.14. The Kier molecular flexibility index (Phi) is 6.30. The molecule has 0 spiro atoms. The molecule has 1 N–H and O–H groups in total. The molecule has 128 valence electrons. The van der Waals surface area contributed by atoms with Gasteiger partial charge in [-0.15, -0.1) is 0 Å². The largest absolute Gasteiger partial charge is 0.338 e. The van der Waals surface area contributed by atoms with Crippen molar-refractivity contribution in [3.8, 4) is 0 Å². The number of rotatable bonds is 5. The number of carbonyl (C=O) groups excluding carboxylic acids is 1. The summed E-state index contributed by atoms with van der Waals surface area (Å²) >= 11 is 5.84. The number of nitrogens with one attached hydrogen (secondary N) is 1. The van der Waals surface area contributed by atoms with Crippen LogP contribution in [0.15, 0.2) is 24.3 Å². The van der Waals surface area contributed by atoms with Crippen LogP contribution in [0.5, 0.6) is 0 Å². The SMILES string of the molecule is CS(=O)(=O)C[C@H]1CCCN(C(=O)NCCc2ccc(Cl)cc2)C1. The smallest absolute Gasteiger partial charge is 0.317 e. The minimum Gasteiger partial charge on any atom is -0.338 e. The number of amides is 2. The van der Waals surface area contributed by atoms with Crippen LogP contribution in [0.1, 0.15) is 18.4 Å². The Morgan fingerprint density at radius 2 is 2.04 bits per heavy atom. The van der Waals surface area contributed by atoms with Gasteiger partial charge in [0, 0.05) is 30.9 Å². The van der Waals surface area contributed by atoms with Gasteiger partial charge in [-0.1, -0.05) is 23.7 Å². The summed E-state index contributed by atoms with van der Waals surface area (Å²) in [6, 6.07) is 7.44. The summed E-state index contributed by atoms with van der Waals surface area (Å²) in [5.74, 6) is 0.197. The van der Waals surface area contributed by atoms with E-state index in [1.165, 1.54) is 6.26 Å². The third-order valence-electron chi connectivity index (χ3n) is 3.95. The van der Waals surface area contributed by atoms with Crippen molar-refractivity contribution in [3.05, 3.63) is 34.9 Å². The lowest BCUT2D eigenvalue weighted by atomic mass is 10.0. The number of halogens is 1. The Bertz CT molecular complexity index is 631. The number of benzene rings is 1. The molecule has 1 atom stereocenters. The Morgan fingerprint density at radius 1 is 1.35 bits per heavy atom. The highest BCUT2D eigenvalue weighted by atomic mass is 35.5. The first kappa shape index (κ1) is 18.1. The lowest BCUT2D eigenvalue weighted by molar-refractivity contribution is 0.170. The summed E-state index contributed by atoms with van der Waals surface area (Å²) in [6.07, 6.45) is 3.70. The third-order valence-corrected chi connectivity index (χ3v) is 5.28. The number of carbonyl (C=O) groups is 1. The first-order chi connectivity index (χ1) is 10.8. The molecule has 2 rings (SSSR count). The Hall–Kier alpha value is -1.27. The number of likely N-dealkylation sites (tertiary alicyclic amines) is 1. The molecule has 7 heteroatoms. The topological polar surface area (TPSA) is 66.5 Å². The molecule has 0 aliphatic carbocycles. The molecule has 23 heavy (non-hydrogen) atoms. The molecule has 0 saturated carbocycles. The Labute approximate surface area is 142 Å². The molecule has 1 aliphatic heterocycles. The molecule has 5 nitrogen and oxygen atoms in total. The van der Waals surface area contributed by atoms with Crippen LogP contribution < -0.4 is 5.32 Å². The Morgan fingerprint density at radius 3 is 2.70 bits per heavy atom. The van der Waals surface area contributed by atoms with Crippen LogP contribution >= 0.6 is 11.6 Å². The molecule has 1 fully saturated rings. The lowest BCUT2D eigenvalue weighted by Crippen LogP contribution is -2.47. The average Bonchev–Trinajstić information content (AvgIpc) is 2.48. The fraction of sp³-hybridized carbons (Fsp3) is 0.562. The van der Waals surface area contributed by atoms with Gasteiger partial charge < -0.3 is 10.2 Å². The highest BCUT2D eigenvalue weighted by Gasteiger charge is 2.25. The van der Waals surface area contributed by atoms with Gasteiger partial charge in [0.15, 0.2) is 0 Å². The van der Waals surface area contributed by atoms with E-state index in [4.69, 9.17) is 11.6 Å². The summed E-state index contributed by atoms with van der Waals surface area (Å²) in [5, 5.41) is 3.60. The van der Waals surface area contributed by atoms with Gasteiger partial charge in [0.2, 0.25) is 0 Å². The van der Waals surface area contributed by atoms with Gasteiger partial charge in [-0.2, -0.15) is 0 Å². The van der Waals surface area contributed by atoms with E-state index in [0.717, 1.165) is 24.8 Å². The maximum Gasteiger partial charge on any atom is 0.317 e. The maximum atomic E-state index is 12.2. The number of piperidine rings is 1. The molecule has 2 amide bonds. The van der Waals surface area contributed by atoms with E-state index >= 15 is 0 Å². The number of sulfone groups is 1. The zero-order valence-corrected chi connectivity index (χ0v) is 14.9. The molecule has 1 aromatic rings. The van der Waals surface area contributed by atoms with Crippen LogP contribution in [0, 0.1) is 5.92 Å². The second-order valence-corrected chi connectivity index (χ2v) is 8.78. The standard InChI is InChI=1S/C16H23ClN2O3S/c1-23(21,22)12-14-3-2-10-19(11-14)16(20)18-9-8-13-4-6-15(17)7-5-13/h4-7,14H,2-3,8-12H2,1H3,(H,18,20)/t14-/m0/s1. The number of hydrogen-bond donors (Lipinski definition) is 1. The molecule has 1 aromatic carbocycles. The minimum absolute atomic E-state index is 0.0424. The van der Waals surface area contributed by atoms with E-state index in [1.54, 1.807) is 4.90 Å². The first-order valence-electron chi connectivity index (χ1n) is 7.78. The van der Waals surface area contributed by atoms with Crippen LogP contribution in [0.2, 0.25) is 5.02 Å². The van der Waals surface area contributed by atoms with Crippen molar-refractivity contribution in [2.24, 2.45) is 5.92 Å². The minimum atomic E-state index is -3.00. The van der Waals surface area contributed by atoms with Gasteiger partial charge in [-0.3, -0.25) is 0 Å². The van der Waals surface area contributed by atoms with E-state index in [1.807, 2.05) is 24.3 Å². The quantitative estimate of drug-likeness (QED) is 0.878. The predicted octanol–water partition coefficient (Wildman–Crippen LogP) is 2.35. The van der Waals surface area contributed by atoms with Crippen molar-refractivity contribution in [1.82, 2.24) is 10.2 Å². The van der Waals surface area contributed by atoms with Crippen molar-refractivity contribution >= 4 is 27.5 Å². The second-order valence-electron chi connectivity index (χ2n) is 6.16. The van der Waals surface area contributed by atoms with Gasteiger partial charge in [-0.05, 0) is 42.9 Å². The summed E-state index contributed by atoms with van der Waals surface area (Å²) in [6.45, 7) is 1.75. The zero-order valence-electron chi connectivity index (χ0n) is 13.3. The Balaban J connectivity index is 1.77. The zero-order chi connectivity index (χ0) is 16.9. The summed E-state index contributed by atoms with van der Waals surface area (Å²) < 4.78 is 22.8. The number of nitrogens with zero attached hydrogens (tertiary/aromatic N) is 1. The van der Waals surface area contributed by atoms with Gasteiger partial charge in [-0.25, -0.2) is 13.2 Å². The first-order valence-corrected chi connectivity index (χ1v) is 10.2. The van der Waals surface area contributed by atoms with Crippen molar-refractivity contribution in [1.29, 1.82) is 0 Å². The normalized spacial score (nSPS) is 18.7. The van der Waals surface area contributed by atoms with Crippen LogP contribution in [-0.4, -0.2) is 51.0 Å². The van der Waals surface area contributed by atoms with E-state index < -0.39 is 9.84 Å². The molecule has 1 heterocycles. The van der Waals surface area contributed by atoms with E-state index in [9.17, 15) is 13.2 Å². The van der Waals surface area contributed by atoms with Crippen LogP contribution in [0.4, 0.5) is 4.79 Å². The predicted molar refractivity (Wildman–Crippen MR) is 92.6 cm³/mol. The van der Waals surface area contributed by atoms with E-state index in [-0.39, 0.29) is 17.7 Å². The summed E-state index contributed by atoms with van der Waals surface area (Å²) in [7, 11) is -3.00. The molecular formula is C16H23ClN2O3S. The molecular weight excluding hydrogens is 336 g/mol. The van der Waals surface area contributed by atoms with Gasteiger partial charge in [0.1, 0.15) is 9.84 Å². The van der Waals surface area contributed by atoms with Crippen LogP contribution in [0.25, 0.3) is 0 Å². The van der Waals surface area contributed by atoms with Gasteiger partial charge >= 0.3 is 6.03 Å². The average molecular weight is 359 g/mol. The fourth-order valence-electron chi connectivity index (χ4n) is 2.89. The van der Waals surface area contributed by atoms with Crippen molar-refractivity contribution in [3.63, 3.8) is 0 Å². The molecule has 1 aliphatic rings. The van der Waals surface area contributed by atoms with Crippen molar-refractivity contribution in [2.45, 2.75) is 19.3 Å². The number of hydrogen-bond acceptors (Lipinski definition) is 3. The lowest BCUT2D eigenvalue weighted by Gasteiger charge is -2.32. The van der Waals surface area contributed by atoms with Crippen molar-refractivity contribution < 1.29 is 13.2 Å².